The lowest BCUT2D eigenvalue weighted by molar-refractivity contribution is -0.137. The highest BCUT2D eigenvalue weighted by atomic mass is 32.2. The average Bonchev–Trinajstić information content (AvgIpc) is 2.15. The van der Waals surface area contributed by atoms with Crippen LogP contribution in [0.2, 0.25) is 0 Å². The highest BCUT2D eigenvalue weighted by molar-refractivity contribution is 7.84. The number of hydrogen-bond donors (Lipinski definition) is 1. The van der Waals surface area contributed by atoms with Gasteiger partial charge in [0.1, 0.15) is 0 Å². The molecule has 6 heteroatoms. The predicted octanol–water partition coefficient (Wildman–Crippen LogP) is 2.30. The van der Waals surface area contributed by atoms with Crippen molar-refractivity contribution >= 4 is 10.8 Å². The third-order valence-electron chi connectivity index (χ3n) is 2.03. The lowest BCUT2D eigenvalue weighted by Gasteiger charge is -2.09. The molecule has 96 valence electrons. The Kier molecular flexibility index (Phi) is 4.70. The molecule has 0 amide bonds. The average molecular weight is 265 g/mol. The SMILES string of the molecule is CC(N)CS(=O)Cc1cccc(C(F)(F)F)c1. The molecular weight excluding hydrogens is 251 g/mol. The molecule has 0 radical (unpaired) electrons. The van der Waals surface area contributed by atoms with Gasteiger partial charge in [0.15, 0.2) is 0 Å². The third-order valence-corrected chi connectivity index (χ3v) is 3.58. The van der Waals surface area contributed by atoms with Crippen molar-refractivity contribution in [1.82, 2.24) is 0 Å². The minimum absolute atomic E-state index is 0.103. The van der Waals surface area contributed by atoms with Gasteiger partial charge in [0.2, 0.25) is 0 Å². The van der Waals surface area contributed by atoms with Gasteiger partial charge in [-0.2, -0.15) is 13.2 Å². The summed E-state index contributed by atoms with van der Waals surface area (Å²) in [5.41, 5.74) is 5.17. The molecule has 2 atom stereocenters. The van der Waals surface area contributed by atoms with E-state index in [1.807, 2.05) is 0 Å². The van der Waals surface area contributed by atoms with E-state index in [0.717, 1.165) is 12.1 Å². The topological polar surface area (TPSA) is 43.1 Å². The summed E-state index contributed by atoms with van der Waals surface area (Å²) in [4.78, 5) is 0. The maximum atomic E-state index is 12.4. The Labute approximate surface area is 100 Å². The zero-order chi connectivity index (χ0) is 13.1. The van der Waals surface area contributed by atoms with Gasteiger partial charge >= 0.3 is 6.18 Å². The van der Waals surface area contributed by atoms with Crippen LogP contribution in [0.5, 0.6) is 0 Å². The minimum atomic E-state index is -4.36. The van der Waals surface area contributed by atoms with Crippen molar-refractivity contribution in [2.45, 2.75) is 24.9 Å². The molecule has 0 aliphatic rings. The highest BCUT2D eigenvalue weighted by Crippen LogP contribution is 2.29. The van der Waals surface area contributed by atoms with Crippen molar-refractivity contribution in [2.75, 3.05) is 5.75 Å². The van der Waals surface area contributed by atoms with E-state index in [0.29, 0.717) is 5.56 Å². The molecule has 0 saturated heterocycles. The van der Waals surface area contributed by atoms with Crippen LogP contribution in [-0.4, -0.2) is 16.0 Å². The van der Waals surface area contributed by atoms with Gasteiger partial charge in [-0.1, -0.05) is 18.2 Å². The molecule has 2 N–H and O–H groups in total. The molecule has 1 aromatic rings. The largest absolute Gasteiger partial charge is 0.416 e. The van der Waals surface area contributed by atoms with Crippen LogP contribution in [0.15, 0.2) is 24.3 Å². The highest BCUT2D eigenvalue weighted by Gasteiger charge is 2.30. The van der Waals surface area contributed by atoms with Crippen molar-refractivity contribution in [3.8, 4) is 0 Å². The van der Waals surface area contributed by atoms with Gasteiger partial charge in [-0.05, 0) is 18.6 Å². The van der Waals surface area contributed by atoms with Crippen LogP contribution in [0.1, 0.15) is 18.1 Å². The molecule has 1 aromatic carbocycles. The molecule has 2 nitrogen and oxygen atoms in total. The summed E-state index contributed by atoms with van der Waals surface area (Å²) in [5, 5.41) is 0. The first-order valence-electron chi connectivity index (χ1n) is 5.05. The quantitative estimate of drug-likeness (QED) is 0.907. The van der Waals surface area contributed by atoms with Crippen LogP contribution in [0, 0.1) is 0 Å². The Morgan fingerprint density at radius 1 is 1.41 bits per heavy atom. The van der Waals surface area contributed by atoms with Crippen molar-refractivity contribution < 1.29 is 17.4 Å². The van der Waals surface area contributed by atoms with Gasteiger partial charge in [-0.15, -0.1) is 0 Å². The molecule has 0 bridgehead atoms. The second-order valence-corrected chi connectivity index (χ2v) is 5.43. The normalized spacial score (nSPS) is 15.6. The fourth-order valence-corrected chi connectivity index (χ4v) is 2.63. The number of hydrogen-bond acceptors (Lipinski definition) is 2. The van der Waals surface area contributed by atoms with Crippen molar-refractivity contribution in [3.63, 3.8) is 0 Å². The molecular formula is C11H14F3NOS. The molecule has 17 heavy (non-hydrogen) atoms. The van der Waals surface area contributed by atoms with Crippen LogP contribution in [0.3, 0.4) is 0 Å². The van der Waals surface area contributed by atoms with E-state index in [2.05, 4.69) is 0 Å². The Balaban J connectivity index is 2.76. The van der Waals surface area contributed by atoms with Crippen LogP contribution < -0.4 is 5.73 Å². The predicted molar refractivity (Wildman–Crippen MR) is 61.8 cm³/mol. The molecule has 0 heterocycles. The summed E-state index contributed by atoms with van der Waals surface area (Å²) >= 11 is 0. The van der Waals surface area contributed by atoms with Gasteiger partial charge in [-0.3, -0.25) is 4.21 Å². The fourth-order valence-electron chi connectivity index (χ4n) is 1.38. The molecule has 0 saturated carbocycles. The smallest absolute Gasteiger partial charge is 0.327 e. The first-order chi connectivity index (χ1) is 7.79. The first kappa shape index (κ1) is 14.2. The number of rotatable bonds is 4. The van der Waals surface area contributed by atoms with Gasteiger partial charge in [0.05, 0.1) is 5.56 Å². The number of alkyl halides is 3. The molecule has 0 fully saturated rings. The van der Waals surface area contributed by atoms with Gasteiger partial charge in [-0.25, -0.2) is 0 Å². The monoisotopic (exact) mass is 265 g/mol. The van der Waals surface area contributed by atoms with E-state index in [4.69, 9.17) is 5.73 Å². The summed E-state index contributed by atoms with van der Waals surface area (Å²) in [7, 11) is -1.23. The van der Waals surface area contributed by atoms with E-state index >= 15 is 0 Å². The summed E-state index contributed by atoms with van der Waals surface area (Å²) in [5.74, 6) is 0.391. The Hall–Kier alpha value is -0.880. The Bertz CT molecular complexity index is 404. The third kappa shape index (κ3) is 4.87. The second kappa shape index (κ2) is 5.64. The Morgan fingerprint density at radius 3 is 2.59 bits per heavy atom. The van der Waals surface area contributed by atoms with E-state index in [1.54, 1.807) is 6.92 Å². The minimum Gasteiger partial charge on any atom is -0.327 e. The van der Waals surface area contributed by atoms with Crippen LogP contribution in [-0.2, 0) is 22.7 Å². The number of benzene rings is 1. The summed E-state index contributed by atoms with van der Waals surface area (Å²) in [6, 6.07) is 4.66. The lowest BCUT2D eigenvalue weighted by Crippen LogP contribution is -2.23. The fraction of sp³-hybridized carbons (Fsp3) is 0.455. The van der Waals surface area contributed by atoms with Crippen LogP contribution in [0.4, 0.5) is 13.2 Å². The van der Waals surface area contributed by atoms with Gasteiger partial charge in [0, 0.05) is 28.3 Å². The Morgan fingerprint density at radius 2 is 2.06 bits per heavy atom. The second-order valence-electron chi connectivity index (χ2n) is 3.93. The van der Waals surface area contributed by atoms with Crippen molar-refractivity contribution in [2.24, 2.45) is 5.73 Å². The molecule has 0 aliphatic heterocycles. The first-order valence-corrected chi connectivity index (χ1v) is 6.54. The number of halogens is 3. The maximum absolute atomic E-state index is 12.4. The van der Waals surface area contributed by atoms with E-state index in [-0.39, 0.29) is 17.5 Å². The van der Waals surface area contributed by atoms with Crippen LogP contribution >= 0.6 is 0 Å². The van der Waals surface area contributed by atoms with E-state index in [9.17, 15) is 17.4 Å². The standard InChI is InChI=1S/C11H14F3NOS/c1-8(15)6-17(16)7-9-3-2-4-10(5-9)11(12,13)14/h2-5,8H,6-7,15H2,1H3. The maximum Gasteiger partial charge on any atom is 0.416 e. The molecule has 0 aromatic heterocycles. The summed E-state index contributed by atoms with van der Waals surface area (Å²) in [6.07, 6.45) is -4.36. The van der Waals surface area contributed by atoms with E-state index < -0.39 is 22.5 Å². The molecule has 0 aliphatic carbocycles. The lowest BCUT2D eigenvalue weighted by atomic mass is 10.1. The van der Waals surface area contributed by atoms with E-state index in [1.165, 1.54) is 12.1 Å². The van der Waals surface area contributed by atoms with Gasteiger partial charge < -0.3 is 5.73 Å². The van der Waals surface area contributed by atoms with Crippen molar-refractivity contribution in [1.29, 1.82) is 0 Å². The van der Waals surface area contributed by atoms with Crippen LogP contribution in [0.25, 0.3) is 0 Å². The van der Waals surface area contributed by atoms with Gasteiger partial charge in [0.25, 0.3) is 0 Å². The molecule has 0 spiro atoms. The zero-order valence-electron chi connectivity index (χ0n) is 9.33. The summed E-state index contributed by atoms with van der Waals surface area (Å²) in [6.45, 7) is 1.71. The summed E-state index contributed by atoms with van der Waals surface area (Å²) < 4.78 is 48.8. The zero-order valence-corrected chi connectivity index (χ0v) is 10.1. The van der Waals surface area contributed by atoms with Crippen molar-refractivity contribution in [3.05, 3.63) is 35.4 Å². The number of nitrogens with two attached hydrogens (primary N) is 1. The molecule has 1 rings (SSSR count). The molecule has 2 unspecified atom stereocenters.